The minimum Gasteiger partial charge on any atom is -0.491 e. The van der Waals surface area contributed by atoms with Crippen LogP contribution in [0.15, 0.2) is 54.6 Å². The minimum atomic E-state index is -0.904. The number of Topliss-reactive ketones (excluding diaryl/α,β-unsaturated/α-hetero) is 1. The lowest BCUT2D eigenvalue weighted by molar-refractivity contribution is -0.384. The van der Waals surface area contributed by atoms with Crippen molar-refractivity contribution in [2.24, 2.45) is 0 Å². The minimum absolute atomic E-state index is 0.0109. The van der Waals surface area contributed by atoms with E-state index in [0.717, 1.165) is 0 Å². The number of hydrogen-bond donors (Lipinski definition) is 0. The monoisotopic (exact) mass is 711 g/mol. The lowest BCUT2D eigenvalue weighted by Crippen LogP contribution is -2.20. The summed E-state index contributed by atoms with van der Waals surface area (Å²) in [5.74, 6) is -1.04. The van der Waals surface area contributed by atoms with E-state index >= 15 is 0 Å². The molecule has 0 aliphatic rings. The average molecular weight is 712 g/mol. The summed E-state index contributed by atoms with van der Waals surface area (Å²) in [6, 6.07) is 14.1. The van der Waals surface area contributed by atoms with Crippen molar-refractivity contribution in [1.29, 1.82) is 0 Å². The zero-order valence-corrected chi connectivity index (χ0v) is 28.4. The van der Waals surface area contributed by atoms with Gasteiger partial charge in [0.2, 0.25) is 0 Å². The molecule has 0 aliphatic heterocycles. The second-order valence-electron chi connectivity index (χ2n) is 9.94. The first-order chi connectivity index (χ1) is 24.6. The van der Waals surface area contributed by atoms with Crippen molar-refractivity contribution < 1.29 is 66.6 Å². The molecule has 0 saturated heterocycles. The molecule has 2 aromatic rings. The number of nitro groups is 1. The molecular formula is C34H49NO15. The molecule has 0 unspecified atom stereocenters. The number of non-ortho nitro benzene ring substituents is 1. The molecule has 0 heterocycles. The first-order valence-electron chi connectivity index (χ1n) is 16.4. The number of ether oxygens (including phenoxy) is 11. The van der Waals surface area contributed by atoms with Crippen molar-refractivity contribution in [3.8, 4) is 5.75 Å². The fourth-order valence-electron chi connectivity index (χ4n) is 3.71. The topological polar surface area (TPSA) is 179 Å². The Morgan fingerprint density at radius 3 is 1.16 bits per heavy atom. The second kappa shape index (κ2) is 30.3. The normalized spacial score (nSPS) is 11.0. The molecular weight excluding hydrogens is 662 g/mol. The SMILES string of the molecule is O=C(OCCOCCOCCOCCOCCOCCOCCOCCOCCOCCOc1ccc([N+](=O)[O-])cc1)C(=O)c1ccccc1. The molecule has 50 heavy (non-hydrogen) atoms. The third kappa shape index (κ3) is 22.9. The summed E-state index contributed by atoms with van der Waals surface area (Å²) < 4.78 is 59.2. The molecule has 0 amide bonds. The molecule has 0 spiro atoms. The van der Waals surface area contributed by atoms with Crippen LogP contribution < -0.4 is 4.74 Å². The van der Waals surface area contributed by atoms with E-state index in [4.69, 9.17) is 52.1 Å². The number of nitro benzene ring substituents is 1. The number of hydrogen-bond acceptors (Lipinski definition) is 15. The summed E-state index contributed by atoms with van der Waals surface area (Å²) in [5, 5.41) is 10.6. The van der Waals surface area contributed by atoms with Gasteiger partial charge in [0, 0.05) is 17.7 Å². The predicted molar refractivity (Wildman–Crippen MR) is 178 cm³/mol. The number of benzene rings is 2. The van der Waals surface area contributed by atoms with Gasteiger partial charge in [-0.2, -0.15) is 0 Å². The van der Waals surface area contributed by atoms with Crippen LogP contribution in [0, 0.1) is 10.1 Å². The van der Waals surface area contributed by atoms with E-state index in [2.05, 4.69) is 0 Å². The van der Waals surface area contributed by atoms with Gasteiger partial charge in [-0.05, 0) is 12.1 Å². The van der Waals surface area contributed by atoms with Crippen molar-refractivity contribution in [2.45, 2.75) is 0 Å². The number of rotatable bonds is 34. The van der Waals surface area contributed by atoms with Gasteiger partial charge in [-0.3, -0.25) is 14.9 Å². The molecule has 0 N–H and O–H groups in total. The molecule has 0 atom stereocenters. The Morgan fingerprint density at radius 1 is 0.460 bits per heavy atom. The lowest BCUT2D eigenvalue weighted by Gasteiger charge is -2.09. The van der Waals surface area contributed by atoms with E-state index < -0.39 is 16.7 Å². The van der Waals surface area contributed by atoms with E-state index in [-0.39, 0.29) is 24.5 Å². The van der Waals surface area contributed by atoms with Crippen LogP contribution in [-0.4, -0.2) is 149 Å². The third-order valence-electron chi connectivity index (χ3n) is 6.20. The first-order valence-corrected chi connectivity index (χ1v) is 16.4. The van der Waals surface area contributed by atoms with Crippen LogP contribution in [0.4, 0.5) is 5.69 Å². The molecule has 16 nitrogen and oxygen atoms in total. The fourth-order valence-corrected chi connectivity index (χ4v) is 3.71. The van der Waals surface area contributed by atoms with Gasteiger partial charge in [0.05, 0.1) is 124 Å². The Kier molecular flexibility index (Phi) is 25.8. The van der Waals surface area contributed by atoms with Gasteiger partial charge < -0.3 is 52.1 Å². The summed E-state index contributed by atoms with van der Waals surface area (Å²) in [7, 11) is 0. The van der Waals surface area contributed by atoms with Crippen molar-refractivity contribution in [3.63, 3.8) is 0 Å². The summed E-state index contributed by atoms with van der Waals surface area (Å²) in [4.78, 5) is 33.8. The van der Waals surface area contributed by atoms with Gasteiger partial charge >= 0.3 is 5.97 Å². The van der Waals surface area contributed by atoms with E-state index in [9.17, 15) is 19.7 Å². The molecule has 0 bridgehead atoms. The molecule has 2 rings (SSSR count). The Labute approximate surface area is 292 Å². The second-order valence-corrected chi connectivity index (χ2v) is 9.94. The summed E-state index contributed by atoms with van der Waals surface area (Å²) in [6.45, 7) is 7.81. The highest BCUT2D eigenvalue weighted by atomic mass is 16.6. The van der Waals surface area contributed by atoms with Crippen molar-refractivity contribution in [3.05, 3.63) is 70.3 Å². The Bertz CT molecular complexity index is 1140. The molecule has 16 heteroatoms. The van der Waals surface area contributed by atoms with Gasteiger partial charge in [0.1, 0.15) is 19.0 Å². The van der Waals surface area contributed by atoms with Gasteiger partial charge in [-0.25, -0.2) is 4.79 Å². The zero-order chi connectivity index (χ0) is 35.7. The number of nitrogens with zero attached hydrogens (tertiary/aromatic N) is 1. The van der Waals surface area contributed by atoms with Crippen LogP contribution >= 0.6 is 0 Å². The molecule has 0 fully saturated rings. The quantitative estimate of drug-likeness (QED) is 0.0258. The highest BCUT2D eigenvalue weighted by Crippen LogP contribution is 2.17. The Balaban J connectivity index is 1.18. The van der Waals surface area contributed by atoms with Gasteiger partial charge in [-0.15, -0.1) is 0 Å². The van der Waals surface area contributed by atoms with Crippen LogP contribution in [0.1, 0.15) is 10.4 Å². The zero-order valence-electron chi connectivity index (χ0n) is 28.4. The van der Waals surface area contributed by atoms with Crippen LogP contribution in [0.25, 0.3) is 0 Å². The lowest BCUT2D eigenvalue weighted by atomic mass is 10.1. The number of carbonyl (C=O) groups excluding carboxylic acids is 2. The summed E-state index contributed by atoms with van der Waals surface area (Å²) >= 11 is 0. The third-order valence-corrected chi connectivity index (χ3v) is 6.20. The number of esters is 1. The maximum atomic E-state index is 11.9. The molecule has 0 aliphatic carbocycles. The number of ketones is 1. The summed E-state index contributed by atoms with van der Waals surface area (Å²) in [6.07, 6.45) is 0. The number of carbonyl (C=O) groups is 2. The highest BCUT2D eigenvalue weighted by molar-refractivity contribution is 6.40. The van der Waals surface area contributed by atoms with Crippen LogP contribution in [0.3, 0.4) is 0 Å². The highest BCUT2D eigenvalue weighted by Gasteiger charge is 2.17. The standard InChI is InChI=1S/C34H49NO15/c36-33(30-4-2-1-3-5-30)34(37)50-29-27-48-25-23-46-21-19-44-17-15-42-13-11-40-10-12-41-14-16-43-18-20-45-22-24-47-26-28-49-32-8-6-31(7-9-32)35(38)39/h1-9H,10-29H2. The summed E-state index contributed by atoms with van der Waals surface area (Å²) in [5.41, 5.74) is 0.307. The van der Waals surface area contributed by atoms with Gasteiger partial charge in [-0.1, -0.05) is 30.3 Å². The van der Waals surface area contributed by atoms with Gasteiger partial charge in [0.15, 0.2) is 0 Å². The molecule has 2 aromatic carbocycles. The maximum absolute atomic E-state index is 11.9. The molecule has 280 valence electrons. The predicted octanol–water partition coefficient (Wildman–Crippen LogP) is 2.55. The van der Waals surface area contributed by atoms with Crippen LogP contribution in [-0.2, 0) is 52.2 Å². The first kappa shape index (κ1) is 42.6. The molecule has 0 aromatic heterocycles. The largest absolute Gasteiger partial charge is 0.491 e. The maximum Gasteiger partial charge on any atom is 0.379 e. The average Bonchev–Trinajstić information content (AvgIpc) is 3.14. The van der Waals surface area contributed by atoms with E-state index in [1.54, 1.807) is 42.5 Å². The van der Waals surface area contributed by atoms with Crippen LogP contribution in [0.2, 0.25) is 0 Å². The van der Waals surface area contributed by atoms with Crippen LogP contribution in [0.5, 0.6) is 5.75 Å². The Hall–Kier alpha value is -3.58. The smallest absolute Gasteiger partial charge is 0.379 e. The fraction of sp³-hybridized carbons (Fsp3) is 0.588. The van der Waals surface area contributed by atoms with Crippen molar-refractivity contribution in [1.82, 2.24) is 0 Å². The van der Waals surface area contributed by atoms with Crippen molar-refractivity contribution in [2.75, 3.05) is 132 Å². The Morgan fingerprint density at radius 2 is 0.800 bits per heavy atom. The van der Waals surface area contributed by atoms with E-state index in [1.807, 2.05) is 0 Å². The van der Waals surface area contributed by atoms with Crippen molar-refractivity contribution >= 4 is 17.4 Å². The van der Waals surface area contributed by atoms with E-state index in [0.29, 0.717) is 125 Å². The molecule has 0 radical (unpaired) electrons. The van der Waals surface area contributed by atoms with Gasteiger partial charge in [0.25, 0.3) is 11.5 Å². The molecule has 0 saturated carbocycles. The van der Waals surface area contributed by atoms with E-state index in [1.165, 1.54) is 12.1 Å².